The minimum Gasteiger partial charge on any atom is -0.0622 e. The van der Waals surface area contributed by atoms with Gasteiger partial charge >= 0.3 is 0 Å². The van der Waals surface area contributed by atoms with Crippen molar-refractivity contribution < 1.29 is 0 Å². The Balaban J connectivity index is 2.39. The molecule has 0 spiro atoms. The van der Waals surface area contributed by atoms with Crippen LogP contribution in [-0.2, 0) is 5.41 Å². The Morgan fingerprint density at radius 1 is 0.895 bits per heavy atom. The molecule has 0 aliphatic carbocycles. The van der Waals surface area contributed by atoms with Crippen LogP contribution in [0.5, 0.6) is 0 Å². The quantitative estimate of drug-likeness (QED) is 0.671. The van der Waals surface area contributed by atoms with Gasteiger partial charge in [-0.25, -0.2) is 0 Å². The Labute approximate surface area is 117 Å². The van der Waals surface area contributed by atoms with Gasteiger partial charge in [0.2, 0.25) is 0 Å². The third kappa shape index (κ3) is 3.07. The summed E-state index contributed by atoms with van der Waals surface area (Å²) in [5, 5.41) is 0. The fourth-order valence-corrected chi connectivity index (χ4v) is 2.90. The maximum atomic E-state index is 4.06. The van der Waals surface area contributed by atoms with E-state index >= 15 is 0 Å². The normalized spacial score (nSPS) is 13.2. The smallest absolute Gasteiger partial charge is 0.00349 e. The van der Waals surface area contributed by atoms with Crippen LogP contribution in [0.4, 0.5) is 0 Å². The summed E-state index contributed by atoms with van der Waals surface area (Å²) in [4.78, 5) is 0. The Morgan fingerprint density at radius 3 is 1.95 bits per heavy atom. The minimum atomic E-state index is 0.125. The second-order valence-electron chi connectivity index (χ2n) is 5.69. The van der Waals surface area contributed by atoms with Crippen molar-refractivity contribution in [3.05, 3.63) is 78.7 Å². The van der Waals surface area contributed by atoms with E-state index in [1.54, 1.807) is 0 Å². The molecule has 0 bridgehead atoms. The van der Waals surface area contributed by atoms with Crippen LogP contribution in [-0.4, -0.2) is 0 Å². The van der Waals surface area contributed by atoms with Gasteiger partial charge in [0.15, 0.2) is 0 Å². The lowest BCUT2D eigenvalue weighted by molar-refractivity contribution is 0.391. The molecule has 0 aromatic heterocycles. The van der Waals surface area contributed by atoms with E-state index < -0.39 is 0 Å². The van der Waals surface area contributed by atoms with Gasteiger partial charge in [-0.05, 0) is 28.9 Å². The maximum absolute atomic E-state index is 4.06. The van der Waals surface area contributed by atoms with Crippen LogP contribution in [0.15, 0.2) is 60.7 Å². The number of hydrogen-bond acceptors (Lipinski definition) is 0. The van der Waals surface area contributed by atoms with Crippen molar-refractivity contribution in [3.8, 4) is 0 Å². The van der Waals surface area contributed by atoms with Crippen LogP contribution >= 0.6 is 0 Å². The molecule has 2 aromatic carbocycles. The molecule has 0 nitrogen and oxygen atoms in total. The van der Waals surface area contributed by atoms with Gasteiger partial charge in [-0.15, -0.1) is 0 Å². The summed E-state index contributed by atoms with van der Waals surface area (Å²) in [6, 6.07) is 21.6. The standard InChI is InChI=1S/C19H23/c1-4-11-18(16-12-7-5-8-13-16)19(2,3)17-14-9-6-10-15-17/h5-10,12-15,18H,1,4,11H2,2-3H3. The maximum Gasteiger partial charge on any atom is -0.00349 e. The molecular formula is C19H23. The molecular weight excluding hydrogens is 228 g/mol. The van der Waals surface area contributed by atoms with Crippen LogP contribution in [0.1, 0.15) is 43.7 Å². The van der Waals surface area contributed by atoms with Crippen molar-refractivity contribution in [1.82, 2.24) is 0 Å². The van der Waals surface area contributed by atoms with Gasteiger partial charge in [0, 0.05) is 0 Å². The van der Waals surface area contributed by atoms with Gasteiger partial charge in [-0.2, -0.15) is 0 Å². The average Bonchev–Trinajstić information content (AvgIpc) is 2.46. The number of rotatable bonds is 5. The fraction of sp³-hybridized carbons (Fsp3) is 0.316. The third-order valence-corrected chi connectivity index (χ3v) is 4.08. The van der Waals surface area contributed by atoms with E-state index in [9.17, 15) is 0 Å². The zero-order chi connectivity index (χ0) is 13.7. The van der Waals surface area contributed by atoms with Crippen LogP contribution in [0.3, 0.4) is 0 Å². The van der Waals surface area contributed by atoms with Crippen molar-refractivity contribution in [2.24, 2.45) is 0 Å². The molecule has 19 heavy (non-hydrogen) atoms. The molecule has 2 rings (SSSR count). The summed E-state index contributed by atoms with van der Waals surface area (Å²) in [5.41, 5.74) is 2.94. The van der Waals surface area contributed by atoms with E-state index in [1.807, 2.05) is 0 Å². The summed E-state index contributed by atoms with van der Waals surface area (Å²) in [6.45, 7) is 8.74. The van der Waals surface area contributed by atoms with Gasteiger partial charge in [-0.1, -0.05) is 87.9 Å². The largest absolute Gasteiger partial charge is 0.0622 e. The first kappa shape index (κ1) is 13.9. The lowest BCUT2D eigenvalue weighted by Gasteiger charge is -2.35. The summed E-state index contributed by atoms with van der Waals surface area (Å²) in [6.07, 6.45) is 2.09. The number of benzene rings is 2. The van der Waals surface area contributed by atoms with Gasteiger partial charge < -0.3 is 0 Å². The fourth-order valence-electron chi connectivity index (χ4n) is 2.90. The second kappa shape index (κ2) is 6.06. The molecule has 0 aliphatic heterocycles. The zero-order valence-electron chi connectivity index (χ0n) is 12.0. The second-order valence-corrected chi connectivity index (χ2v) is 5.69. The van der Waals surface area contributed by atoms with Crippen molar-refractivity contribution in [2.75, 3.05) is 0 Å². The van der Waals surface area contributed by atoms with Crippen molar-refractivity contribution in [1.29, 1.82) is 0 Å². The predicted octanol–water partition coefficient (Wildman–Crippen LogP) is 5.36. The summed E-state index contributed by atoms with van der Waals surface area (Å²) < 4.78 is 0. The molecule has 0 saturated heterocycles. The molecule has 0 fully saturated rings. The highest BCUT2D eigenvalue weighted by Gasteiger charge is 2.31. The molecule has 1 radical (unpaired) electrons. The van der Waals surface area contributed by atoms with E-state index in [4.69, 9.17) is 0 Å². The Hall–Kier alpha value is -1.56. The molecule has 99 valence electrons. The highest BCUT2D eigenvalue weighted by molar-refractivity contribution is 5.32. The average molecular weight is 251 g/mol. The van der Waals surface area contributed by atoms with Crippen molar-refractivity contribution in [2.45, 2.75) is 38.0 Å². The lowest BCUT2D eigenvalue weighted by atomic mass is 9.68. The van der Waals surface area contributed by atoms with Gasteiger partial charge in [0.05, 0.1) is 0 Å². The first-order chi connectivity index (χ1) is 9.16. The van der Waals surface area contributed by atoms with E-state index in [0.29, 0.717) is 5.92 Å². The zero-order valence-corrected chi connectivity index (χ0v) is 12.0. The lowest BCUT2D eigenvalue weighted by Crippen LogP contribution is -2.27. The molecule has 0 heterocycles. The highest BCUT2D eigenvalue weighted by atomic mass is 14.3. The van der Waals surface area contributed by atoms with Gasteiger partial charge in [-0.3, -0.25) is 0 Å². The molecule has 1 unspecified atom stereocenters. The molecule has 2 aromatic rings. The van der Waals surface area contributed by atoms with E-state index in [2.05, 4.69) is 81.4 Å². The molecule has 0 N–H and O–H groups in total. The topological polar surface area (TPSA) is 0 Å². The third-order valence-electron chi connectivity index (χ3n) is 4.08. The first-order valence-corrected chi connectivity index (χ1v) is 7.06. The molecule has 0 aliphatic rings. The minimum absolute atomic E-state index is 0.125. The first-order valence-electron chi connectivity index (χ1n) is 7.06. The van der Waals surface area contributed by atoms with Gasteiger partial charge in [0.1, 0.15) is 0 Å². The predicted molar refractivity (Wildman–Crippen MR) is 83.2 cm³/mol. The highest BCUT2D eigenvalue weighted by Crippen LogP contribution is 2.41. The SMILES string of the molecule is [CH2]CCC(c1ccccc1)C(C)(C)c1ccccc1. The molecule has 0 amide bonds. The number of hydrogen-bond donors (Lipinski definition) is 0. The van der Waals surface area contributed by atoms with E-state index in [0.717, 1.165) is 12.8 Å². The Kier molecular flexibility index (Phi) is 4.42. The van der Waals surface area contributed by atoms with Crippen LogP contribution in [0.25, 0.3) is 0 Å². The van der Waals surface area contributed by atoms with E-state index in [-0.39, 0.29) is 5.41 Å². The van der Waals surface area contributed by atoms with Crippen LogP contribution in [0.2, 0.25) is 0 Å². The Bertz CT molecular complexity index is 482. The summed E-state index contributed by atoms with van der Waals surface area (Å²) in [5.74, 6) is 0.508. The Morgan fingerprint density at radius 2 is 1.42 bits per heavy atom. The van der Waals surface area contributed by atoms with Crippen LogP contribution < -0.4 is 0 Å². The van der Waals surface area contributed by atoms with Crippen LogP contribution in [0, 0.1) is 6.92 Å². The van der Waals surface area contributed by atoms with Crippen molar-refractivity contribution >= 4 is 0 Å². The van der Waals surface area contributed by atoms with Gasteiger partial charge in [0.25, 0.3) is 0 Å². The monoisotopic (exact) mass is 251 g/mol. The summed E-state index contributed by atoms with van der Waals surface area (Å²) in [7, 11) is 0. The van der Waals surface area contributed by atoms with E-state index in [1.165, 1.54) is 11.1 Å². The summed E-state index contributed by atoms with van der Waals surface area (Å²) >= 11 is 0. The molecule has 0 saturated carbocycles. The van der Waals surface area contributed by atoms with Crippen molar-refractivity contribution in [3.63, 3.8) is 0 Å². The molecule has 1 atom stereocenters. The molecule has 0 heteroatoms.